The van der Waals surface area contributed by atoms with Gasteiger partial charge in [0.05, 0.1) is 5.69 Å². The summed E-state index contributed by atoms with van der Waals surface area (Å²) in [5.74, 6) is 1.20. The lowest BCUT2D eigenvalue weighted by Crippen LogP contribution is -2.49. The Hall–Kier alpha value is -1.36. The van der Waals surface area contributed by atoms with Gasteiger partial charge in [-0.3, -0.25) is 4.79 Å². The second-order valence-corrected chi connectivity index (χ2v) is 5.94. The fourth-order valence-electron chi connectivity index (χ4n) is 2.72. The average Bonchev–Trinajstić information content (AvgIpc) is 2.95. The van der Waals surface area contributed by atoms with Crippen molar-refractivity contribution >= 4 is 5.91 Å². The van der Waals surface area contributed by atoms with E-state index in [-0.39, 0.29) is 11.9 Å². The zero-order chi connectivity index (χ0) is 14.7. The minimum atomic E-state index is -0.0746. The Morgan fingerprint density at radius 1 is 1.65 bits per heavy atom. The summed E-state index contributed by atoms with van der Waals surface area (Å²) in [6.07, 6.45) is 2.97. The number of carbonyl (C=O) groups is 1. The number of rotatable bonds is 4. The normalized spacial score (nSPS) is 24.7. The van der Waals surface area contributed by atoms with Crippen LogP contribution in [0.25, 0.3) is 0 Å². The lowest BCUT2D eigenvalue weighted by Gasteiger charge is -2.37. The molecule has 1 fully saturated rings. The van der Waals surface area contributed by atoms with E-state index in [1.807, 2.05) is 4.90 Å². The maximum absolute atomic E-state index is 12.5. The minimum Gasteiger partial charge on any atom is -0.351 e. The van der Waals surface area contributed by atoms with Crippen molar-refractivity contribution < 1.29 is 9.32 Å². The summed E-state index contributed by atoms with van der Waals surface area (Å²) < 4.78 is 5.24. The molecule has 20 heavy (non-hydrogen) atoms. The Labute approximate surface area is 120 Å². The maximum atomic E-state index is 12.5. The number of likely N-dealkylation sites (tertiary alicyclic amines) is 1. The topological polar surface area (TPSA) is 72.4 Å². The molecular weight excluding hydrogens is 254 g/mol. The number of amides is 1. The smallest absolute Gasteiger partial charge is 0.292 e. The summed E-state index contributed by atoms with van der Waals surface area (Å²) in [7, 11) is 0. The van der Waals surface area contributed by atoms with Crippen LogP contribution >= 0.6 is 0 Å². The minimum absolute atomic E-state index is 0.0746. The fourth-order valence-corrected chi connectivity index (χ4v) is 2.72. The van der Waals surface area contributed by atoms with E-state index in [1.54, 1.807) is 6.07 Å². The van der Waals surface area contributed by atoms with Crippen LogP contribution in [0.5, 0.6) is 0 Å². The Kier molecular flexibility index (Phi) is 4.81. The first-order valence-electron chi connectivity index (χ1n) is 7.54. The van der Waals surface area contributed by atoms with Gasteiger partial charge in [-0.1, -0.05) is 25.9 Å². The average molecular weight is 279 g/mol. The molecule has 5 nitrogen and oxygen atoms in total. The molecule has 0 saturated carbocycles. The van der Waals surface area contributed by atoms with Crippen LogP contribution in [-0.4, -0.2) is 35.1 Å². The first-order chi connectivity index (χ1) is 9.56. The Balaban J connectivity index is 2.12. The lowest BCUT2D eigenvalue weighted by molar-refractivity contribution is 0.0532. The van der Waals surface area contributed by atoms with Crippen molar-refractivity contribution in [3.8, 4) is 0 Å². The summed E-state index contributed by atoms with van der Waals surface area (Å²) in [6.45, 7) is 7.64. The number of nitrogens with zero attached hydrogens (tertiary/aromatic N) is 2. The van der Waals surface area contributed by atoms with Gasteiger partial charge in [0.1, 0.15) is 0 Å². The van der Waals surface area contributed by atoms with Gasteiger partial charge in [0.25, 0.3) is 5.91 Å². The molecular formula is C15H25N3O2. The zero-order valence-corrected chi connectivity index (χ0v) is 12.6. The van der Waals surface area contributed by atoms with Gasteiger partial charge in [-0.2, -0.15) is 0 Å². The van der Waals surface area contributed by atoms with E-state index in [9.17, 15) is 4.79 Å². The van der Waals surface area contributed by atoms with E-state index in [0.29, 0.717) is 24.1 Å². The molecule has 1 aliphatic heterocycles. The van der Waals surface area contributed by atoms with Crippen molar-refractivity contribution in [1.29, 1.82) is 0 Å². The summed E-state index contributed by atoms with van der Waals surface area (Å²) in [4.78, 5) is 14.4. The fraction of sp³-hybridized carbons (Fsp3) is 0.733. The first-order valence-corrected chi connectivity index (χ1v) is 7.54. The summed E-state index contributed by atoms with van der Waals surface area (Å²) in [5, 5.41) is 4.01. The van der Waals surface area contributed by atoms with Crippen LogP contribution < -0.4 is 5.73 Å². The Bertz CT molecular complexity index is 458. The van der Waals surface area contributed by atoms with Crippen molar-refractivity contribution in [1.82, 2.24) is 10.1 Å². The molecule has 2 rings (SSSR count). The summed E-state index contributed by atoms with van der Waals surface area (Å²) >= 11 is 0. The molecule has 112 valence electrons. The van der Waals surface area contributed by atoms with E-state index >= 15 is 0 Å². The molecule has 0 bridgehead atoms. The third-order valence-electron chi connectivity index (χ3n) is 4.37. The molecule has 3 unspecified atom stereocenters. The number of nitrogens with two attached hydrogens (primary N) is 1. The highest BCUT2D eigenvalue weighted by Crippen LogP contribution is 2.25. The zero-order valence-electron chi connectivity index (χ0n) is 12.6. The van der Waals surface area contributed by atoms with Gasteiger partial charge in [0.2, 0.25) is 5.76 Å². The molecule has 1 aliphatic rings. The van der Waals surface area contributed by atoms with Gasteiger partial charge in [0, 0.05) is 31.1 Å². The van der Waals surface area contributed by atoms with Crippen molar-refractivity contribution in [2.75, 3.05) is 13.1 Å². The third-order valence-corrected chi connectivity index (χ3v) is 4.37. The van der Waals surface area contributed by atoms with Crippen LogP contribution in [0.3, 0.4) is 0 Å². The molecule has 0 aromatic carbocycles. The van der Waals surface area contributed by atoms with E-state index in [1.165, 1.54) is 0 Å². The molecule has 5 heteroatoms. The van der Waals surface area contributed by atoms with Crippen LogP contribution in [0, 0.1) is 5.92 Å². The molecule has 1 aromatic rings. The van der Waals surface area contributed by atoms with E-state index in [4.69, 9.17) is 10.3 Å². The van der Waals surface area contributed by atoms with Crippen LogP contribution in [0.2, 0.25) is 0 Å². The van der Waals surface area contributed by atoms with Gasteiger partial charge < -0.3 is 15.2 Å². The lowest BCUT2D eigenvalue weighted by atomic mass is 9.92. The molecule has 1 amide bonds. The van der Waals surface area contributed by atoms with Gasteiger partial charge in [-0.25, -0.2) is 0 Å². The van der Waals surface area contributed by atoms with Crippen molar-refractivity contribution in [2.24, 2.45) is 11.7 Å². The Morgan fingerprint density at radius 2 is 2.40 bits per heavy atom. The SMILES string of the molecule is CCC(C)c1cc(C(=O)N2CCC(C)CC2CN)on1. The van der Waals surface area contributed by atoms with E-state index < -0.39 is 0 Å². The third kappa shape index (κ3) is 3.03. The van der Waals surface area contributed by atoms with Gasteiger partial charge >= 0.3 is 0 Å². The first kappa shape index (κ1) is 15.0. The van der Waals surface area contributed by atoms with Gasteiger partial charge in [0.15, 0.2) is 0 Å². The van der Waals surface area contributed by atoms with Crippen LogP contribution in [0.15, 0.2) is 10.6 Å². The highest BCUT2D eigenvalue weighted by atomic mass is 16.5. The van der Waals surface area contributed by atoms with E-state index in [0.717, 1.165) is 31.5 Å². The monoisotopic (exact) mass is 279 g/mol. The number of piperidine rings is 1. The molecule has 2 N–H and O–H groups in total. The highest BCUT2D eigenvalue weighted by Gasteiger charge is 2.31. The highest BCUT2D eigenvalue weighted by molar-refractivity contribution is 5.91. The predicted octanol–water partition coefficient (Wildman–Crippen LogP) is 2.39. The molecule has 0 aliphatic carbocycles. The van der Waals surface area contributed by atoms with Crippen LogP contribution in [0.4, 0.5) is 0 Å². The summed E-state index contributed by atoms with van der Waals surface area (Å²) in [6, 6.07) is 1.89. The molecule has 0 radical (unpaired) electrons. The molecule has 3 atom stereocenters. The number of carbonyl (C=O) groups excluding carboxylic acids is 1. The maximum Gasteiger partial charge on any atom is 0.292 e. The quantitative estimate of drug-likeness (QED) is 0.918. The number of aromatic nitrogens is 1. The second kappa shape index (κ2) is 6.39. The van der Waals surface area contributed by atoms with E-state index in [2.05, 4.69) is 25.9 Å². The Morgan fingerprint density at radius 3 is 3.05 bits per heavy atom. The number of hydrogen-bond donors (Lipinski definition) is 1. The summed E-state index contributed by atoms with van der Waals surface area (Å²) in [5.41, 5.74) is 6.66. The largest absolute Gasteiger partial charge is 0.351 e. The van der Waals surface area contributed by atoms with Crippen LogP contribution in [0.1, 0.15) is 62.2 Å². The van der Waals surface area contributed by atoms with Gasteiger partial charge in [-0.15, -0.1) is 0 Å². The standard InChI is InChI=1S/C15H25N3O2/c1-4-11(3)13-8-14(20-17-13)15(19)18-6-5-10(2)7-12(18)9-16/h8,10-12H,4-7,9,16H2,1-3H3. The molecule has 0 spiro atoms. The van der Waals surface area contributed by atoms with Crippen LogP contribution in [-0.2, 0) is 0 Å². The van der Waals surface area contributed by atoms with Gasteiger partial charge in [-0.05, 0) is 25.2 Å². The molecule has 1 aromatic heterocycles. The molecule has 1 saturated heterocycles. The predicted molar refractivity (Wildman–Crippen MR) is 77.5 cm³/mol. The molecule has 2 heterocycles. The van der Waals surface area contributed by atoms with Crippen molar-refractivity contribution in [3.63, 3.8) is 0 Å². The van der Waals surface area contributed by atoms with Crippen molar-refractivity contribution in [2.45, 2.75) is 52.0 Å². The second-order valence-electron chi connectivity index (χ2n) is 5.94. The number of hydrogen-bond acceptors (Lipinski definition) is 4. The van der Waals surface area contributed by atoms with Crippen molar-refractivity contribution in [3.05, 3.63) is 17.5 Å².